The molecule has 0 N–H and O–H groups in total. The van der Waals surface area contributed by atoms with Gasteiger partial charge in [-0.05, 0) is 20.3 Å². The van der Waals surface area contributed by atoms with Gasteiger partial charge < -0.3 is 4.90 Å². The van der Waals surface area contributed by atoms with Crippen molar-refractivity contribution in [2.24, 2.45) is 0 Å². The average Bonchev–Trinajstić information content (AvgIpc) is 2.16. The first-order valence-corrected chi connectivity index (χ1v) is 5.57. The molecule has 3 heteroatoms. The summed E-state index contributed by atoms with van der Waals surface area (Å²) < 4.78 is 0. The van der Waals surface area contributed by atoms with Crippen LogP contribution in [0.3, 0.4) is 0 Å². The van der Waals surface area contributed by atoms with Crippen LogP contribution in [0.2, 0.25) is 0 Å². The second kappa shape index (κ2) is 4.78. The van der Waals surface area contributed by atoms with E-state index in [2.05, 4.69) is 25.7 Å². The second-order valence-corrected chi connectivity index (χ2v) is 4.36. The topological polar surface area (TPSA) is 23.6 Å². The highest BCUT2D eigenvalue weighted by Crippen LogP contribution is 2.14. The van der Waals surface area contributed by atoms with E-state index in [1.165, 1.54) is 0 Å². The third kappa shape index (κ3) is 2.47. The van der Waals surface area contributed by atoms with Gasteiger partial charge in [-0.25, -0.2) is 0 Å². The van der Waals surface area contributed by atoms with E-state index in [0.29, 0.717) is 12.1 Å². The van der Waals surface area contributed by atoms with Crippen LogP contribution < -0.4 is 0 Å². The first kappa shape index (κ1) is 11.5. The Hall–Kier alpha value is -0.570. The molecule has 1 saturated heterocycles. The van der Waals surface area contributed by atoms with Crippen molar-refractivity contribution < 1.29 is 4.79 Å². The maximum atomic E-state index is 11.4. The fraction of sp³-hybridized carbons (Fsp3) is 0.909. The van der Waals surface area contributed by atoms with Crippen LogP contribution in [0.5, 0.6) is 0 Å². The van der Waals surface area contributed by atoms with Gasteiger partial charge in [-0.2, -0.15) is 0 Å². The minimum absolute atomic E-state index is 0.222. The Balaban J connectivity index is 2.59. The van der Waals surface area contributed by atoms with Gasteiger partial charge in [0.25, 0.3) is 0 Å². The lowest BCUT2D eigenvalue weighted by molar-refractivity contribution is -0.134. The minimum atomic E-state index is 0.222. The molecule has 3 nitrogen and oxygen atoms in total. The number of hydrogen-bond donors (Lipinski definition) is 0. The van der Waals surface area contributed by atoms with Gasteiger partial charge in [-0.1, -0.05) is 6.92 Å². The molecule has 0 unspecified atom stereocenters. The smallest absolute Gasteiger partial charge is 0.219 e. The molecule has 1 heterocycles. The second-order valence-electron chi connectivity index (χ2n) is 4.36. The average molecular weight is 198 g/mol. The molecule has 14 heavy (non-hydrogen) atoms. The summed E-state index contributed by atoms with van der Waals surface area (Å²) in [6.07, 6.45) is 1.06. The van der Waals surface area contributed by atoms with E-state index in [1.54, 1.807) is 6.92 Å². The summed E-state index contributed by atoms with van der Waals surface area (Å²) in [7, 11) is 0. The molecular formula is C11H22N2O. The van der Waals surface area contributed by atoms with Gasteiger partial charge in [-0.15, -0.1) is 0 Å². The van der Waals surface area contributed by atoms with Crippen molar-refractivity contribution in [1.82, 2.24) is 9.80 Å². The third-order valence-corrected chi connectivity index (χ3v) is 3.12. The number of carbonyl (C=O) groups excluding carboxylic acids is 1. The maximum absolute atomic E-state index is 11.4. The van der Waals surface area contributed by atoms with Gasteiger partial charge in [0.2, 0.25) is 5.91 Å². The molecule has 0 aromatic rings. The fourth-order valence-electron chi connectivity index (χ4n) is 2.11. The summed E-state index contributed by atoms with van der Waals surface area (Å²) in [5, 5.41) is 0. The van der Waals surface area contributed by atoms with Crippen molar-refractivity contribution in [3.63, 3.8) is 0 Å². The predicted octanol–water partition coefficient (Wildman–Crippen LogP) is 1.34. The van der Waals surface area contributed by atoms with Crippen molar-refractivity contribution in [2.75, 3.05) is 19.6 Å². The molecular weight excluding hydrogens is 176 g/mol. The summed E-state index contributed by atoms with van der Waals surface area (Å²) in [5.74, 6) is 0.222. The van der Waals surface area contributed by atoms with Gasteiger partial charge >= 0.3 is 0 Å². The van der Waals surface area contributed by atoms with Gasteiger partial charge in [0.05, 0.1) is 0 Å². The first-order valence-electron chi connectivity index (χ1n) is 5.57. The highest BCUT2D eigenvalue weighted by molar-refractivity contribution is 5.73. The maximum Gasteiger partial charge on any atom is 0.219 e. The molecule has 1 fully saturated rings. The quantitative estimate of drug-likeness (QED) is 0.668. The Morgan fingerprint density at radius 3 is 2.50 bits per heavy atom. The summed E-state index contributed by atoms with van der Waals surface area (Å²) in [6.45, 7) is 11.2. The van der Waals surface area contributed by atoms with Crippen molar-refractivity contribution in [2.45, 2.75) is 46.2 Å². The Morgan fingerprint density at radius 2 is 2.07 bits per heavy atom. The van der Waals surface area contributed by atoms with Gasteiger partial charge in [0.1, 0.15) is 0 Å². The van der Waals surface area contributed by atoms with Gasteiger partial charge in [0, 0.05) is 38.6 Å². The highest BCUT2D eigenvalue weighted by atomic mass is 16.2. The lowest BCUT2D eigenvalue weighted by Gasteiger charge is -2.42. The van der Waals surface area contributed by atoms with Crippen LogP contribution in [0.4, 0.5) is 0 Å². The van der Waals surface area contributed by atoms with E-state index >= 15 is 0 Å². The monoisotopic (exact) mass is 198 g/mol. The van der Waals surface area contributed by atoms with Crippen LogP contribution in [0.25, 0.3) is 0 Å². The molecule has 0 aromatic heterocycles. The molecule has 0 aliphatic carbocycles. The number of amides is 1. The summed E-state index contributed by atoms with van der Waals surface area (Å²) in [5.41, 5.74) is 0. The van der Waals surface area contributed by atoms with Crippen LogP contribution >= 0.6 is 0 Å². The van der Waals surface area contributed by atoms with E-state index in [-0.39, 0.29) is 5.91 Å². The molecule has 0 saturated carbocycles. The largest absolute Gasteiger partial charge is 0.337 e. The van der Waals surface area contributed by atoms with Gasteiger partial charge in [-0.3, -0.25) is 9.69 Å². The summed E-state index contributed by atoms with van der Waals surface area (Å²) >= 11 is 0. The number of rotatable bonds is 2. The number of nitrogens with zero attached hydrogens (tertiary/aromatic N) is 2. The SMILES string of the molecule is CC[C@@H]1CN(C(C)C)CCN1C(C)=O. The van der Waals surface area contributed by atoms with Crippen LogP contribution in [0.15, 0.2) is 0 Å². The van der Waals surface area contributed by atoms with E-state index in [4.69, 9.17) is 0 Å². The molecule has 0 spiro atoms. The van der Waals surface area contributed by atoms with Gasteiger partial charge in [0.15, 0.2) is 0 Å². The lowest BCUT2D eigenvalue weighted by atomic mass is 10.1. The van der Waals surface area contributed by atoms with Crippen molar-refractivity contribution in [3.8, 4) is 0 Å². The van der Waals surface area contributed by atoms with Crippen LogP contribution in [0.1, 0.15) is 34.1 Å². The van der Waals surface area contributed by atoms with Crippen molar-refractivity contribution >= 4 is 5.91 Å². The van der Waals surface area contributed by atoms with Crippen molar-refractivity contribution in [3.05, 3.63) is 0 Å². The number of hydrogen-bond acceptors (Lipinski definition) is 2. The number of carbonyl (C=O) groups is 1. The molecule has 1 amide bonds. The zero-order valence-electron chi connectivity index (χ0n) is 9.79. The molecule has 1 aliphatic rings. The Morgan fingerprint density at radius 1 is 1.43 bits per heavy atom. The fourth-order valence-corrected chi connectivity index (χ4v) is 2.11. The lowest BCUT2D eigenvalue weighted by Crippen LogP contribution is -2.55. The number of piperazine rings is 1. The zero-order chi connectivity index (χ0) is 10.7. The van der Waals surface area contributed by atoms with E-state index < -0.39 is 0 Å². The predicted molar refractivity (Wildman–Crippen MR) is 58.2 cm³/mol. The molecule has 1 rings (SSSR count). The molecule has 82 valence electrons. The molecule has 1 atom stereocenters. The van der Waals surface area contributed by atoms with E-state index in [9.17, 15) is 4.79 Å². The van der Waals surface area contributed by atoms with E-state index in [0.717, 1.165) is 26.1 Å². The van der Waals surface area contributed by atoms with Crippen molar-refractivity contribution in [1.29, 1.82) is 0 Å². The Labute approximate surface area is 87.1 Å². The molecule has 1 aliphatic heterocycles. The summed E-state index contributed by atoms with van der Waals surface area (Å²) in [4.78, 5) is 15.8. The Kier molecular flexibility index (Phi) is 3.93. The van der Waals surface area contributed by atoms with Crippen LogP contribution in [0, 0.1) is 0 Å². The molecule has 0 bridgehead atoms. The minimum Gasteiger partial charge on any atom is -0.337 e. The molecule has 0 aromatic carbocycles. The summed E-state index contributed by atoms with van der Waals surface area (Å²) in [6, 6.07) is 1.02. The zero-order valence-corrected chi connectivity index (χ0v) is 9.79. The third-order valence-electron chi connectivity index (χ3n) is 3.12. The highest BCUT2D eigenvalue weighted by Gasteiger charge is 2.28. The Bertz CT molecular complexity index is 203. The normalized spacial score (nSPS) is 24.4. The first-order chi connectivity index (χ1) is 6.56. The van der Waals surface area contributed by atoms with Crippen LogP contribution in [-0.2, 0) is 4.79 Å². The molecule has 0 radical (unpaired) electrons. The van der Waals surface area contributed by atoms with E-state index in [1.807, 2.05) is 4.90 Å². The standard InChI is InChI=1S/C11H22N2O/c1-5-11-8-12(9(2)3)6-7-13(11)10(4)14/h9,11H,5-8H2,1-4H3/t11-/m1/s1. The van der Waals surface area contributed by atoms with Crippen LogP contribution in [-0.4, -0.2) is 47.4 Å².